The van der Waals surface area contributed by atoms with Gasteiger partial charge in [0.05, 0.1) is 23.7 Å². The van der Waals surface area contributed by atoms with Gasteiger partial charge in [-0.2, -0.15) is 0 Å². The summed E-state index contributed by atoms with van der Waals surface area (Å²) < 4.78 is 10.7. The van der Waals surface area contributed by atoms with Gasteiger partial charge in [0.1, 0.15) is 5.75 Å². The number of nitro benzene ring substituents is 1. The average molecular weight is 371 g/mol. The molecule has 1 atom stereocenters. The quantitative estimate of drug-likeness (QED) is 0.571. The molecule has 0 spiro atoms. The third-order valence-corrected chi connectivity index (χ3v) is 4.35. The van der Waals surface area contributed by atoms with Crippen LogP contribution in [0.2, 0.25) is 0 Å². The molecule has 27 heavy (non-hydrogen) atoms. The van der Waals surface area contributed by atoms with Gasteiger partial charge in [-0.25, -0.2) is 0 Å². The molecular formula is C19H21N3O5. The molecule has 0 bridgehead atoms. The summed E-state index contributed by atoms with van der Waals surface area (Å²) in [5.74, 6) is 0.237. The number of nitrogens with one attached hydrogen (secondary N) is 2. The molecule has 8 nitrogen and oxygen atoms in total. The predicted octanol–water partition coefficient (Wildman–Crippen LogP) is 3.45. The van der Waals surface area contributed by atoms with Crippen molar-refractivity contribution >= 4 is 23.0 Å². The lowest BCUT2D eigenvalue weighted by Gasteiger charge is -2.15. The number of anilines is 2. The first-order chi connectivity index (χ1) is 13.1. The van der Waals surface area contributed by atoms with Crippen LogP contribution in [0.15, 0.2) is 42.5 Å². The molecule has 1 fully saturated rings. The first-order valence-electron chi connectivity index (χ1n) is 8.66. The molecule has 1 amide bonds. The zero-order valence-electron chi connectivity index (χ0n) is 14.9. The highest BCUT2D eigenvalue weighted by Gasteiger charge is 2.20. The average Bonchev–Trinajstić information content (AvgIpc) is 3.20. The van der Waals surface area contributed by atoms with Crippen molar-refractivity contribution in [2.24, 2.45) is 0 Å². The molecule has 2 aromatic rings. The molecule has 0 saturated carbocycles. The van der Waals surface area contributed by atoms with Gasteiger partial charge in [-0.1, -0.05) is 0 Å². The van der Waals surface area contributed by atoms with Gasteiger partial charge in [-0.05, 0) is 43.2 Å². The van der Waals surface area contributed by atoms with Crippen molar-refractivity contribution < 1.29 is 19.2 Å². The van der Waals surface area contributed by atoms with Crippen LogP contribution in [0.3, 0.4) is 0 Å². The van der Waals surface area contributed by atoms with E-state index in [-0.39, 0.29) is 17.4 Å². The maximum absolute atomic E-state index is 12.7. The Balaban J connectivity index is 1.79. The topological polar surface area (TPSA) is 103 Å². The Kier molecular flexibility index (Phi) is 5.87. The highest BCUT2D eigenvalue weighted by atomic mass is 16.6. The zero-order chi connectivity index (χ0) is 19.2. The number of benzene rings is 2. The lowest BCUT2D eigenvalue weighted by atomic mass is 10.1. The first-order valence-corrected chi connectivity index (χ1v) is 8.66. The molecule has 1 saturated heterocycles. The molecule has 1 aliphatic heterocycles. The van der Waals surface area contributed by atoms with Crippen molar-refractivity contribution in [3.05, 3.63) is 58.1 Å². The monoisotopic (exact) mass is 371 g/mol. The molecule has 3 rings (SSSR count). The predicted molar refractivity (Wildman–Crippen MR) is 102 cm³/mol. The fraction of sp³-hybridized carbons (Fsp3) is 0.316. The fourth-order valence-electron chi connectivity index (χ4n) is 2.89. The molecule has 142 valence electrons. The summed E-state index contributed by atoms with van der Waals surface area (Å²) in [5, 5.41) is 17.0. The van der Waals surface area contributed by atoms with Gasteiger partial charge in [0, 0.05) is 36.7 Å². The second-order valence-corrected chi connectivity index (χ2v) is 6.19. The molecule has 8 heteroatoms. The van der Waals surface area contributed by atoms with Gasteiger partial charge < -0.3 is 20.1 Å². The number of carbonyl (C=O) groups is 1. The zero-order valence-corrected chi connectivity index (χ0v) is 14.9. The number of hydrogen-bond acceptors (Lipinski definition) is 6. The van der Waals surface area contributed by atoms with E-state index < -0.39 is 10.8 Å². The lowest BCUT2D eigenvalue weighted by molar-refractivity contribution is -0.384. The standard InChI is InChI=1S/C19H21N3O5/c1-26-15-7-4-13(5-8-15)21-19(23)17-11-14(22(24)25)6-9-18(17)20-12-16-3-2-10-27-16/h4-9,11,16,20H,2-3,10,12H2,1H3,(H,21,23)/t16-/m0/s1. The van der Waals surface area contributed by atoms with Crippen LogP contribution in [0.25, 0.3) is 0 Å². The Labute approximate surface area is 156 Å². The Morgan fingerprint density at radius 3 is 2.70 bits per heavy atom. The number of amides is 1. The molecule has 1 heterocycles. The fourth-order valence-corrected chi connectivity index (χ4v) is 2.89. The van der Waals surface area contributed by atoms with Gasteiger partial charge in [0.2, 0.25) is 0 Å². The maximum atomic E-state index is 12.7. The minimum Gasteiger partial charge on any atom is -0.497 e. The van der Waals surface area contributed by atoms with E-state index in [0.717, 1.165) is 19.4 Å². The van der Waals surface area contributed by atoms with Crippen molar-refractivity contribution in [2.75, 3.05) is 30.9 Å². The van der Waals surface area contributed by atoms with Crippen LogP contribution in [-0.2, 0) is 4.74 Å². The van der Waals surface area contributed by atoms with Gasteiger partial charge in [-0.3, -0.25) is 14.9 Å². The Hall–Kier alpha value is -3.13. The van der Waals surface area contributed by atoms with Crippen LogP contribution in [0, 0.1) is 10.1 Å². The van der Waals surface area contributed by atoms with Crippen LogP contribution in [0.4, 0.5) is 17.1 Å². The van der Waals surface area contributed by atoms with Crippen LogP contribution < -0.4 is 15.4 Å². The van der Waals surface area contributed by atoms with Gasteiger partial charge >= 0.3 is 0 Å². The summed E-state index contributed by atoms with van der Waals surface area (Å²) >= 11 is 0. The molecule has 2 N–H and O–H groups in total. The molecule has 2 aromatic carbocycles. The number of ether oxygens (including phenoxy) is 2. The van der Waals surface area contributed by atoms with Crippen LogP contribution in [0.1, 0.15) is 23.2 Å². The molecule has 1 aliphatic rings. The summed E-state index contributed by atoms with van der Waals surface area (Å²) in [6.07, 6.45) is 2.04. The number of rotatable bonds is 7. The first kappa shape index (κ1) is 18.7. The number of carbonyl (C=O) groups excluding carboxylic acids is 1. The van der Waals surface area contributed by atoms with E-state index in [1.165, 1.54) is 12.1 Å². The van der Waals surface area contributed by atoms with Crippen LogP contribution >= 0.6 is 0 Å². The maximum Gasteiger partial charge on any atom is 0.270 e. The van der Waals surface area contributed by atoms with Crippen LogP contribution in [0.5, 0.6) is 5.75 Å². The van der Waals surface area contributed by atoms with Crippen molar-refractivity contribution in [1.82, 2.24) is 0 Å². The second kappa shape index (κ2) is 8.50. The Bertz CT molecular complexity index is 817. The van der Waals surface area contributed by atoms with Gasteiger partial charge in [0.25, 0.3) is 11.6 Å². The number of nitrogens with zero attached hydrogens (tertiary/aromatic N) is 1. The third-order valence-electron chi connectivity index (χ3n) is 4.35. The minimum atomic E-state index is -0.520. The molecule has 0 aromatic heterocycles. The van der Waals surface area contributed by atoms with E-state index in [1.807, 2.05) is 0 Å². The van der Waals surface area contributed by atoms with E-state index >= 15 is 0 Å². The van der Waals surface area contributed by atoms with Crippen molar-refractivity contribution in [1.29, 1.82) is 0 Å². The number of methoxy groups -OCH3 is 1. The molecular weight excluding hydrogens is 350 g/mol. The SMILES string of the molecule is COc1ccc(NC(=O)c2cc([N+](=O)[O-])ccc2NC[C@@H]2CCCO2)cc1. The molecule has 0 aliphatic carbocycles. The second-order valence-electron chi connectivity index (χ2n) is 6.19. The van der Waals surface area contributed by atoms with E-state index in [2.05, 4.69) is 10.6 Å². The number of non-ortho nitro benzene ring substituents is 1. The van der Waals surface area contributed by atoms with E-state index in [1.54, 1.807) is 37.4 Å². The minimum absolute atomic E-state index is 0.0812. The lowest BCUT2D eigenvalue weighted by Crippen LogP contribution is -2.21. The normalized spacial score (nSPS) is 16.0. The molecule has 0 radical (unpaired) electrons. The van der Waals surface area contributed by atoms with Crippen molar-refractivity contribution in [2.45, 2.75) is 18.9 Å². The molecule has 0 unspecified atom stereocenters. The van der Waals surface area contributed by atoms with Crippen molar-refractivity contribution in [3.8, 4) is 5.75 Å². The van der Waals surface area contributed by atoms with E-state index in [9.17, 15) is 14.9 Å². The van der Waals surface area contributed by atoms with Crippen LogP contribution in [-0.4, -0.2) is 37.2 Å². The summed E-state index contributed by atoms with van der Waals surface area (Å²) in [4.78, 5) is 23.3. The highest BCUT2D eigenvalue weighted by Crippen LogP contribution is 2.25. The largest absolute Gasteiger partial charge is 0.497 e. The third kappa shape index (κ3) is 4.73. The smallest absolute Gasteiger partial charge is 0.270 e. The Morgan fingerprint density at radius 1 is 1.30 bits per heavy atom. The summed E-state index contributed by atoms with van der Waals surface area (Å²) in [7, 11) is 1.56. The highest BCUT2D eigenvalue weighted by molar-refractivity contribution is 6.08. The van der Waals surface area contributed by atoms with E-state index in [4.69, 9.17) is 9.47 Å². The van der Waals surface area contributed by atoms with E-state index in [0.29, 0.717) is 23.7 Å². The number of hydrogen-bond donors (Lipinski definition) is 2. The summed E-state index contributed by atoms with van der Waals surface area (Å²) in [5.41, 5.74) is 1.16. The van der Waals surface area contributed by atoms with Gasteiger partial charge in [-0.15, -0.1) is 0 Å². The summed E-state index contributed by atoms with van der Waals surface area (Å²) in [6, 6.07) is 11.1. The number of nitro groups is 1. The van der Waals surface area contributed by atoms with Gasteiger partial charge in [0.15, 0.2) is 0 Å². The summed E-state index contributed by atoms with van der Waals surface area (Å²) in [6.45, 7) is 1.28. The Morgan fingerprint density at radius 2 is 2.07 bits per heavy atom. The van der Waals surface area contributed by atoms with Crippen molar-refractivity contribution in [3.63, 3.8) is 0 Å².